The Morgan fingerprint density at radius 3 is 3.04 bits per heavy atom. The number of aromatic nitrogens is 2. The normalized spacial score (nSPS) is 30.1. The molecule has 1 aromatic heterocycles. The Bertz CT molecular complexity index is 674. The molecule has 3 aliphatic heterocycles. The van der Waals surface area contributed by atoms with Gasteiger partial charge in [-0.25, -0.2) is 19.4 Å². The van der Waals surface area contributed by atoms with E-state index in [2.05, 4.69) is 43.6 Å². The van der Waals surface area contributed by atoms with Crippen LogP contribution in [0.3, 0.4) is 0 Å². The molecule has 0 radical (unpaired) electrons. The highest BCUT2D eigenvalue weighted by Gasteiger charge is 2.52. The van der Waals surface area contributed by atoms with Gasteiger partial charge < -0.3 is 15.5 Å². The van der Waals surface area contributed by atoms with Gasteiger partial charge in [-0.2, -0.15) is 0 Å². The third-order valence-corrected chi connectivity index (χ3v) is 6.94. The maximum atomic E-state index is 13.0. The van der Waals surface area contributed by atoms with Crippen molar-refractivity contribution in [2.24, 2.45) is 0 Å². The minimum atomic E-state index is -0.436. The van der Waals surface area contributed by atoms with Crippen molar-refractivity contribution in [1.82, 2.24) is 25.3 Å². The van der Waals surface area contributed by atoms with Gasteiger partial charge in [0.05, 0.1) is 30.4 Å². The van der Waals surface area contributed by atoms with Crippen molar-refractivity contribution in [1.29, 1.82) is 0 Å². The number of rotatable bonds is 5. The van der Waals surface area contributed by atoms with E-state index in [9.17, 15) is 4.39 Å². The molecule has 9 heteroatoms. The molecule has 142 valence electrons. The molecule has 0 bridgehead atoms. The van der Waals surface area contributed by atoms with Crippen LogP contribution in [0, 0.1) is 5.82 Å². The minimum absolute atomic E-state index is 0.00538. The van der Waals surface area contributed by atoms with Crippen LogP contribution in [0.15, 0.2) is 24.3 Å². The number of ether oxygens (including phenoxy) is 1. The fraction of sp³-hybridized carbons (Fsp3) is 0.647. The van der Waals surface area contributed by atoms with Gasteiger partial charge in [-0.05, 0) is 32.4 Å². The maximum absolute atomic E-state index is 13.0. The van der Waals surface area contributed by atoms with E-state index in [4.69, 9.17) is 4.74 Å². The topological polar surface area (TPSA) is 65.6 Å². The van der Waals surface area contributed by atoms with E-state index < -0.39 is 5.82 Å². The van der Waals surface area contributed by atoms with Crippen molar-refractivity contribution in [2.75, 3.05) is 38.0 Å². The molecule has 1 spiro atoms. The molecular weight excluding hydrogens is 355 g/mol. The number of hydrogen-bond acceptors (Lipinski definition) is 8. The molecule has 2 N–H and O–H groups in total. The average molecular weight is 380 g/mol. The quantitative estimate of drug-likeness (QED) is 0.799. The van der Waals surface area contributed by atoms with Crippen molar-refractivity contribution in [3.05, 3.63) is 30.1 Å². The van der Waals surface area contributed by atoms with E-state index in [0.29, 0.717) is 17.2 Å². The summed E-state index contributed by atoms with van der Waals surface area (Å²) in [5.41, 5.74) is 3.44. The zero-order valence-corrected chi connectivity index (χ0v) is 15.9. The molecular formula is C17H25FN6OS. The van der Waals surface area contributed by atoms with Gasteiger partial charge in [0.1, 0.15) is 5.82 Å². The first kappa shape index (κ1) is 18.0. The van der Waals surface area contributed by atoms with Crippen LogP contribution >= 0.6 is 11.8 Å². The maximum Gasteiger partial charge on any atom is 0.228 e. The Morgan fingerprint density at radius 1 is 1.46 bits per heavy atom. The molecule has 1 aromatic rings. The smallest absolute Gasteiger partial charge is 0.228 e. The summed E-state index contributed by atoms with van der Waals surface area (Å²) in [4.78, 5) is 10.5. The number of likely N-dealkylation sites (tertiary alicyclic amines) is 1. The minimum Gasteiger partial charge on any atom is -0.383 e. The second-order valence-corrected chi connectivity index (χ2v) is 8.26. The van der Waals surface area contributed by atoms with Crippen molar-refractivity contribution >= 4 is 17.7 Å². The summed E-state index contributed by atoms with van der Waals surface area (Å²) in [7, 11) is 1.76. The van der Waals surface area contributed by atoms with E-state index in [1.807, 2.05) is 11.8 Å². The highest BCUT2D eigenvalue weighted by Crippen LogP contribution is 2.47. The van der Waals surface area contributed by atoms with Crippen molar-refractivity contribution in [3.63, 3.8) is 0 Å². The lowest BCUT2D eigenvalue weighted by atomic mass is 9.90. The number of thioether (sulfide) groups is 1. The zero-order valence-electron chi connectivity index (χ0n) is 15.1. The summed E-state index contributed by atoms with van der Waals surface area (Å²) >= 11 is 2.01. The van der Waals surface area contributed by atoms with Gasteiger partial charge in [0.25, 0.3) is 0 Å². The number of hydrazine groups is 1. The molecule has 2 saturated heterocycles. The van der Waals surface area contributed by atoms with Gasteiger partial charge in [-0.1, -0.05) is 0 Å². The Kier molecular flexibility index (Phi) is 5.05. The summed E-state index contributed by atoms with van der Waals surface area (Å²) in [5.74, 6) is 1.79. The first-order chi connectivity index (χ1) is 12.6. The largest absolute Gasteiger partial charge is 0.383 e. The molecule has 0 aliphatic carbocycles. The highest BCUT2D eigenvalue weighted by atomic mass is 32.2. The summed E-state index contributed by atoms with van der Waals surface area (Å²) < 4.78 is 18.3. The first-order valence-corrected chi connectivity index (χ1v) is 10.0. The Morgan fingerprint density at radius 2 is 2.27 bits per heavy atom. The fourth-order valence-corrected chi connectivity index (χ4v) is 5.61. The molecule has 4 heterocycles. The van der Waals surface area contributed by atoms with Crippen molar-refractivity contribution in [2.45, 2.75) is 36.6 Å². The Balaban J connectivity index is 1.50. The number of halogens is 1. The SMILES string of the molecule is COCC(C)N1CCC2SCN3NC(Nc4ncc(F)cn4)=CC23CC1. The second-order valence-electron chi connectivity index (χ2n) is 7.10. The van der Waals surface area contributed by atoms with Crippen LogP contribution < -0.4 is 10.7 Å². The summed E-state index contributed by atoms with van der Waals surface area (Å²) in [6.45, 7) is 5.12. The van der Waals surface area contributed by atoms with Crippen LogP contribution in [-0.4, -0.2) is 69.4 Å². The molecule has 26 heavy (non-hydrogen) atoms. The standard InChI is InChI=1S/C17H25FN6OS/c1-12(10-25-2)23-5-3-14-17(4-6-23)7-15(22-24(17)11-26-14)21-16-19-8-13(18)9-20-16/h7-9,12,14,22H,3-6,10-11H2,1-2H3,(H,19,20,21). The predicted molar refractivity (Wildman–Crippen MR) is 99.8 cm³/mol. The predicted octanol–water partition coefficient (Wildman–Crippen LogP) is 1.63. The summed E-state index contributed by atoms with van der Waals surface area (Å²) in [6.07, 6.45) is 6.82. The van der Waals surface area contributed by atoms with E-state index in [1.54, 1.807) is 7.11 Å². The summed E-state index contributed by atoms with van der Waals surface area (Å²) in [6, 6.07) is 0.428. The van der Waals surface area contributed by atoms with Crippen LogP contribution in [0.4, 0.5) is 10.3 Å². The van der Waals surface area contributed by atoms with E-state index in [0.717, 1.165) is 44.2 Å². The van der Waals surface area contributed by atoms with Gasteiger partial charge >= 0.3 is 0 Å². The van der Waals surface area contributed by atoms with Gasteiger partial charge in [0, 0.05) is 24.9 Å². The third-order valence-electron chi connectivity index (χ3n) is 5.49. The molecule has 0 saturated carbocycles. The number of nitrogens with zero attached hydrogens (tertiary/aromatic N) is 4. The molecule has 2 fully saturated rings. The van der Waals surface area contributed by atoms with Gasteiger partial charge in [0.15, 0.2) is 5.82 Å². The monoisotopic (exact) mass is 380 g/mol. The molecule has 0 amide bonds. The van der Waals surface area contributed by atoms with Crippen LogP contribution in [0.2, 0.25) is 0 Å². The first-order valence-electron chi connectivity index (χ1n) is 8.97. The number of anilines is 1. The van der Waals surface area contributed by atoms with E-state index >= 15 is 0 Å². The van der Waals surface area contributed by atoms with Crippen molar-refractivity contribution < 1.29 is 9.13 Å². The number of hydrogen-bond donors (Lipinski definition) is 2. The van der Waals surface area contributed by atoms with Crippen LogP contribution in [0.25, 0.3) is 0 Å². The molecule has 3 atom stereocenters. The molecule has 7 nitrogen and oxygen atoms in total. The number of methoxy groups -OCH3 is 1. The zero-order chi connectivity index (χ0) is 18.1. The lowest BCUT2D eigenvalue weighted by Gasteiger charge is -2.33. The van der Waals surface area contributed by atoms with E-state index in [1.165, 1.54) is 12.4 Å². The molecule has 4 rings (SSSR count). The van der Waals surface area contributed by atoms with Crippen LogP contribution in [0.5, 0.6) is 0 Å². The van der Waals surface area contributed by atoms with Gasteiger partial charge in [-0.3, -0.25) is 4.90 Å². The fourth-order valence-electron chi connectivity index (χ4n) is 4.11. The number of nitrogens with one attached hydrogen (secondary N) is 2. The Labute approximate surface area is 157 Å². The Hall–Kier alpha value is -1.42. The van der Waals surface area contributed by atoms with Gasteiger partial charge in [-0.15, -0.1) is 11.8 Å². The van der Waals surface area contributed by atoms with Crippen LogP contribution in [-0.2, 0) is 4.74 Å². The summed E-state index contributed by atoms with van der Waals surface area (Å²) in [5, 5.41) is 6.04. The molecule has 3 unspecified atom stereocenters. The lowest BCUT2D eigenvalue weighted by Crippen LogP contribution is -2.50. The van der Waals surface area contributed by atoms with E-state index in [-0.39, 0.29) is 5.54 Å². The second kappa shape index (κ2) is 7.30. The third kappa shape index (κ3) is 3.28. The average Bonchev–Trinajstić information content (AvgIpc) is 3.06. The highest BCUT2D eigenvalue weighted by molar-refractivity contribution is 8.00. The molecule has 0 aromatic carbocycles. The van der Waals surface area contributed by atoms with Crippen LogP contribution in [0.1, 0.15) is 19.8 Å². The van der Waals surface area contributed by atoms with Crippen molar-refractivity contribution in [3.8, 4) is 0 Å². The van der Waals surface area contributed by atoms with Gasteiger partial charge in [0.2, 0.25) is 5.95 Å². The lowest BCUT2D eigenvalue weighted by molar-refractivity contribution is 0.0935. The molecule has 3 aliphatic rings.